The zero-order chi connectivity index (χ0) is 13.8. The van der Waals surface area contributed by atoms with Crippen molar-refractivity contribution < 1.29 is 14.7 Å². The molecule has 6 nitrogen and oxygen atoms in total. The molecule has 0 aromatic carbocycles. The fraction of sp³-hybridized carbons (Fsp3) is 0.154. The van der Waals surface area contributed by atoms with Crippen molar-refractivity contribution in [3.63, 3.8) is 0 Å². The Hall–Kier alpha value is -2.63. The molecular weight excluding hydrogens is 246 g/mol. The van der Waals surface area contributed by atoms with E-state index in [2.05, 4.69) is 9.97 Å². The highest BCUT2D eigenvalue weighted by molar-refractivity contribution is 5.94. The number of carboxylic acids is 1. The van der Waals surface area contributed by atoms with Gasteiger partial charge >= 0.3 is 5.97 Å². The van der Waals surface area contributed by atoms with E-state index in [1.807, 2.05) is 12.1 Å². The van der Waals surface area contributed by atoms with Gasteiger partial charge in [0.25, 0.3) is 5.91 Å². The molecule has 2 aromatic heterocycles. The van der Waals surface area contributed by atoms with Gasteiger partial charge in [-0.1, -0.05) is 6.07 Å². The highest BCUT2D eigenvalue weighted by Crippen LogP contribution is 2.06. The maximum absolute atomic E-state index is 12.1. The summed E-state index contributed by atoms with van der Waals surface area (Å²) >= 11 is 0. The first-order valence-electron chi connectivity index (χ1n) is 5.66. The minimum atomic E-state index is -1.15. The number of aromatic carboxylic acids is 1. The van der Waals surface area contributed by atoms with E-state index in [0.717, 1.165) is 5.69 Å². The smallest absolute Gasteiger partial charge is 0.354 e. The zero-order valence-corrected chi connectivity index (χ0v) is 10.3. The zero-order valence-electron chi connectivity index (χ0n) is 10.3. The van der Waals surface area contributed by atoms with Crippen molar-refractivity contribution in [2.45, 2.75) is 6.54 Å². The summed E-state index contributed by atoms with van der Waals surface area (Å²) in [6.07, 6.45) is 1.77. The van der Waals surface area contributed by atoms with Crippen LogP contribution in [0.15, 0.2) is 36.5 Å². The lowest BCUT2D eigenvalue weighted by Crippen LogP contribution is -2.27. The summed E-state index contributed by atoms with van der Waals surface area (Å²) in [5, 5.41) is 8.84. The van der Waals surface area contributed by atoms with Gasteiger partial charge in [0.15, 0.2) is 0 Å². The van der Waals surface area contributed by atoms with Gasteiger partial charge in [0.2, 0.25) is 0 Å². The number of carbonyl (C=O) groups is 2. The highest BCUT2D eigenvalue weighted by Gasteiger charge is 2.15. The Morgan fingerprint density at radius 2 is 2.00 bits per heavy atom. The Morgan fingerprint density at radius 3 is 2.63 bits per heavy atom. The van der Waals surface area contributed by atoms with Crippen LogP contribution in [0.4, 0.5) is 0 Å². The lowest BCUT2D eigenvalue weighted by atomic mass is 10.2. The van der Waals surface area contributed by atoms with Crippen molar-refractivity contribution in [1.82, 2.24) is 14.9 Å². The molecule has 19 heavy (non-hydrogen) atoms. The van der Waals surface area contributed by atoms with Crippen LogP contribution < -0.4 is 0 Å². The van der Waals surface area contributed by atoms with Gasteiger partial charge in [-0.15, -0.1) is 0 Å². The van der Waals surface area contributed by atoms with Crippen molar-refractivity contribution in [2.24, 2.45) is 0 Å². The fourth-order valence-corrected chi connectivity index (χ4v) is 1.66. The summed E-state index contributed by atoms with van der Waals surface area (Å²) in [5.74, 6) is -1.47. The summed E-state index contributed by atoms with van der Waals surface area (Å²) in [6, 6.07) is 8.07. The molecule has 0 aliphatic heterocycles. The largest absolute Gasteiger partial charge is 0.477 e. The summed E-state index contributed by atoms with van der Waals surface area (Å²) in [5.41, 5.74) is 0.873. The number of H-pyrrole nitrogens is 1. The second kappa shape index (κ2) is 5.34. The Morgan fingerprint density at radius 1 is 1.26 bits per heavy atom. The first-order chi connectivity index (χ1) is 9.08. The molecular formula is C13H13N3O3. The Labute approximate surface area is 109 Å². The quantitative estimate of drug-likeness (QED) is 0.868. The van der Waals surface area contributed by atoms with E-state index < -0.39 is 5.97 Å². The molecule has 2 rings (SSSR count). The maximum Gasteiger partial charge on any atom is 0.354 e. The van der Waals surface area contributed by atoms with Crippen LogP contribution in [-0.4, -0.2) is 38.9 Å². The molecule has 0 fully saturated rings. The highest BCUT2D eigenvalue weighted by atomic mass is 16.4. The van der Waals surface area contributed by atoms with E-state index in [0.29, 0.717) is 6.54 Å². The third-order valence-corrected chi connectivity index (χ3v) is 2.60. The molecule has 1 amide bonds. The monoisotopic (exact) mass is 259 g/mol. The average Bonchev–Trinajstić information content (AvgIpc) is 2.90. The predicted octanol–water partition coefficient (Wildman–Crippen LogP) is 1.38. The van der Waals surface area contributed by atoms with Gasteiger partial charge in [0.05, 0.1) is 6.54 Å². The molecule has 98 valence electrons. The van der Waals surface area contributed by atoms with Crippen LogP contribution in [0.2, 0.25) is 0 Å². The summed E-state index contributed by atoms with van der Waals surface area (Å²) in [7, 11) is 1.64. The number of rotatable bonds is 4. The summed E-state index contributed by atoms with van der Waals surface area (Å²) in [4.78, 5) is 31.2. The number of hydrogen-bond donors (Lipinski definition) is 2. The number of nitrogens with zero attached hydrogens (tertiary/aromatic N) is 2. The van der Waals surface area contributed by atoms with Crippen LogP contribution in [0.1, 0.15) is 26.7 Å². The molecule has 2 N–H and O–H groups in total. The van der Waals surface area contributed by atoms with Gasteiger partial charge in [-0.2, -0.15) is 0 Å². The average molecular weight is 259 g/mol. The molecule has 6 heteroatoms. The van der Waals surface area contributed by atoms with E-state index in [1.54, 1.807) is 13.2 Å². The lowest BCUT2D eigenvalue weighted by molar-refractivity contribution is 0.0690. The van der Waals surface area contributed by atoms with Crippen molar-refractivity contribution in [3.05, 3.63) is 53.6 Å². The fourth-order valence-electron chi connectivity index (χ4n) is 1.66. The van der Waals surface area contributed by atoms with Gasteiger partial charge in [-0.25, -0.2) is 9.78 Å². The molecule has 0 aliphatic carbocycles. The number of amides is 1. The molecule has 0 spiro atoms. The van der Waals surface area contributed by atoms with Crippen LogP contribution in [0.3, 0.4) is 0 Å². The van der Waals surface area contributed by atoms with Gasteiger partial charge in [0.1, 0.15) is 11.4 Å². The van der Waals surface area contributed by atoms with E-state index in [1.165, 1.54) is 23.1 Å². The van der Waals surface area contributed by atoms with Crippen LogP contribution in [-0.2, 0) is 6.54 Å². The third-order valence-electron chi connectivity index (χ3n) is 2.60. The number of aromatic amines is 1. The van der Waals surface area contributed by atoms with Gasteiger partial charge in [-0.05, 0) is 24.3 Å². The van der Waals surface area contributed by atoms with Gasteiger partial charge in [-0.3, -0.25) is 4.79 Å². The number of carbonyl (C=O) groups excluding carboxylic acids is 1. The van der Waals surface area contributed by atoms with E-state index >= 15 is 0 Å². The number of carboxylic acid groups (broad SMARTS) is 1. The molecule has 0 saturated heterocycles. The minimum Gasteiger partial charge on any atom is -0.477 e. The Kier molecular flexibility index (Phi) is 3.61. The van der Waals surface area contributed by atoms with Crippen LogP contribution >= 0.6 is 0 Å². The van der Waals surface area contributed by atoms with Crippen LogP contribution in [0.25, 0.3) is 0 Å². The number of nitrogens with one attached hydrogen (secondary N) is 1. The molecule has 2 heterocycles. The SMILES string of the molecule is CN(Cc1ccc[nH]1)C(=O)c1cccc(C(=O)O)n1. The third kappa shape index (κ3) is 2.98. The standard InChI is InChI=1S/C13H13N3O3/c1-16(8-9-4-3-7-14-9)12(17)10-5-2-6-11(15-10)13(18)19/h2-7,14H,8H2,1H3,(H,18,19). The van der Waals surface area contributed by atoms with Crippen molar-refractivity contribution in [2.75, 3.05) is 7.05 Å². The van der Waals surface area contributed by atoms with E-state index in [-0.39, 0.29) is 17.3 Å². The molecule has 0 radical (unpaired) electrons. The van der Waals surface area contributed by atoms with Crippen molar-refractivity contribution in [1.29, 1.82) is 0 Å². The molecule has 0 saturated carbocycles. The maximum atomic E-state index is 12.1. The van der Waals surface area contributed by atoms with Gasteiger partial charge in [0, 0.05) is 18.9 Å². The molecule has 0 aliphatic rings. The second-order valence-electron chi connectivity index (χ2n) is 4.07. The van der Waals surface area contributed by atoms with Crippen molar-refractivity contribution in [3.8, 4) is 0 Å². The van der Waals surface area contributed by atoms with E-state index in [9.17, 15) is 9.59 Å². The van der Waals surface area contributed by atoms with Crippen molar-refractivity contribution >= 4 is 11.9 Å². The summed E-state index contributed by atoms with van der Waals surface area (Å²) < 4.78 is 0. The topological polar surface area (TPSA) is 86.3 Å². The van der Waals surface area contributed by atoms with E-state index in [4.69, 9.17) is 5.11 Å². The normalized spacial score (nSPS) is 10.2. The number of hydrogen-bond acceptors (Lipinski definition) is 3. The first kappa shape index (κ1) is 12.8. The number of aromatic nitrogens is 2. The molecule has 0 bridgehead atoms. The van der Waals surface area contributed by atoms with Crippen LogP contribution in [0.5, 0.6) is 0 Å². The second-order valence-corrected chi connectivity index (χ2v) is 4.07. The molecule has 0 atom stereocenters. The van der Waals surface area contributed by atoms with Crippen LogP contribution in [0, 0.1) is 0 Å². The number of pyridine rings is 1. The Balaban J connectivity index is 2.14. The first-order valence-corrected chi connectivity index (χ1v) is 5.66. The Bertz CT molecular complexity index is 593. The molecule has 2 aromatic rings. The minimum absolute atomic E-state index is 0.119. The summed E-state index contributed by atoms with van der Waals surface area (Å²) in [6.45, 7) is 0.408. The molecule has 0 unspecified atom stereocenters. The lowest BCUT2D eigenvalue weighted by Gasteiger charge is -2.15. The van der Waals surface area contributed by atoms with Gasteiger partial charge < -0.3 is 15.0 Å². The predicted molar refractivity (Wildman–Crippen MR) is 67.8 cm³/mol.